The first-order valence-corrected chi connectivity index (χ1v) is 10.3. The highest BCUT2D eigenvalue weighted by atomic mass is 16.5. The maximum Gasteiger partial charge on any atom is 0.339 e. The van der Waals surface area contributed by atoms with Crippen LogP contribution in [0.4, 0.5) is 0 Å². The molecule has 158 valence electrons. The van der Waals surface area contributed by atoms with Gasteiger partial charge in [-0.05, 0) is 31.4 Å². The van der Waals surface area contributed by atoms with Crippen LogP contribution in [-0.4, -0.2) is 46.9 Å². The van der Waals surface area contributed by atoms with Gasteiger partial charge in [0.05, 0.1) is 16.8 Å². The molecule has 3 aromatic rings. The molecule has 7 nitrogen and oxygen atoms in total. The van der Waals surface area contributed by atoms with Crippen LogP contribution in [0, 0.1) is 0 Å². The summed E-state index contributed by atoms with van der Waals surface area (Å²) in [5.74, 6) is -1.57. The summed E-state index contributed by atoms with van der Waals surface area (Å²) in [5, 5.41) is 0.646. The van der Waals surface area contributed by atoms with E-state index in [2.05, 4.69) is 4.98 Å². The Bertz CT molecular complexity index is 1130. The number of carbonyl (C=O) groups excluding carboxylic acids is 3. The predicted molar refractivity (Wildman–Crippen MR) is 116 cm³/mol. The highest BCUT2D eigenvalue weighted by Crippen LogP contribution is 2.25. The van der Waals surface area contributed by atoms with Crippen molar-refractivity contribution >= 4 is 28.7 Å². The van der Waals surface area contributed by atoms with E-state index in [4.69, 9.17) is 10.5 Å². The lowest BCUT2D eigenvalue weighted by Gasteiger charge is -2.33. The zero-order valence-corrected chi connectivity index (χ0v) is 17.0. The number of benzene rings is 2. The van der Waals surface area contributed by atoms with Crippen molar-refractivity contribution in [3.63, 3.8) is 0 Å². The van der Waals surface area contributed by atoms with Crippen LogP contribution in [0.5, 0.6) is 0 Å². The first kappa shape index (κ1) is 20.5. The van der Waals surface area contributed by atoms with Gasteiger partial charge in [-0.15, -0.1) is 0 Å². The monoisotopic (exact) mass is 417 g/mol. The number of aromatic nitrogens is 1. The van der Waals surface area contributed by atoms with Crippen LogP contribution in [-0.2, 0) is 14.3 Å². The van der Waals surface area contributed by atoms with E-state index in [1.165, 1.54) is 4.90 Å². The second-order valence-corrected chi connectivity index (χ2v) is 7.52. The van der Waals surface area contributed by atoms with Crippen molar-refractivity contribution in [3.05, 3.63) is 66.2 Å². The van der Waals surface area contributed by atoms with Gasteiger partial charge < -0.3 is 15.4 Å². The first-order chi connectivity index (χ1) is 15.0. The Hall–Kier alpha value is -3.74. The summed E-state index contributed by atoms with van der Waals surface area (Å²) in [7, 11) is 0. The van der Waals surface area contributed by atoms with Crippen molar-refractivity contribution in [1.29, 1.82) is 0 Å². The quantitative estimate of drug-likeness (QED) is 0.643. The van der Waals surface area contributed by atoms with Crippen molar-refractivity contribution in [3.8, 4) is 11.3 Å². The van der Waals surface area contributed by atoms with Gasteiger partial charge in [0.15, 0.2) is 6.61 Å². The molecule has 1 aromatic heterocycles. The fourth-order valence-corrected chi connectivity index (χ4v) is 3.91. The third-order valence-electron chi connectivity index (χ3n) is 5.48. The molecule has 1 saturated heterocycles. The number of esters is 1. The van der Waals surface area contributed by atoms with Gasteiger partial charge in [0.2, 0.25) is 5.91 Å². The molecule has 4 rings (SSSR count). The summed E-state index contributed by atoms with van der Waals surface area (Å²) in [6.45, 7) is -0.0136. The number of nitrogens with two attached hydrogens (primary N) is 1. The number of piperidine rings is 1. The summed E-state index contributed by atoms with van der Waals surface area (Å²) in [6, 6.07) is 17.9. The first-order valence-electron chi connectivity index (χ1n) is 10.3. The van der Waals surface area contributed by atoms with Gasteiger partial charge in [-0.25, -0.2) is 9.78 Å². The van der Waals surface area contributed by atoms with Crippen molar-refractivity contribution in [1.82, 2.24) is 9.88 Å². The molecule has 2 N–H and O–H groups in total. The number of carbonyl (C=O) groups is 3. The van der Waals surface area contributed by atoms with Crippen LogP contribution in [0.15, 0.2) is 60.7 Å². The number of pyridine rings is 1. The topological polar surface area (TPSA) is 103 Å². The Labute approximate surface area is 179 Å². The lowest BCUT2D eigenvalue weighted by Crippen LogP contribution is -2.51. The second kappa shape index (κ2) is 8.95. The molecule has 7 heteroatoms. The molecule has 0 spiro atoms. The van der Waals surface area contributed by atoms with Crippen LogP contribution in [0.1, 0.15) is 29.6 Å². The minimum atomic E-state index is -0.647. The Morgan fingerprint density at radius 2 is 1.77 bits per heavy atom. The fraction of sp³-hybridized carbons (Fsp3) is 0.250. The Balaban J connectivity index is 1.57. The number of hydrogen-bond donors (Lipinski definition) is 1. The van der Waals surface area contributed by atoms with Gasteiger partial charge in [-0.1, -0.05) is 48.5 Å². The zero-order valence-electron chi connectivity index (χ0n) is 17.0. The van der Waals surface area contributed by atoms with E-state index in [0.29, 0.717) is 35.1 Å². The van der Waals surface area contributed by atoms with E-state index in [1.54, 1.807) is 12.1 Å². The van der Waals surface area contributed by atoms with E-state index in [9.17, 15) is 14.4 Å². The summed E-state index contributed by atoms with van der Waals surface area (Å²) >= 11 is 0. The molecule has 2 heterocycles. The number of para-hydroxylation sites is 1. The maximum absolute atomic E-state index is 12.9. The van der Waals surface area contributed by atoms with E-state index in [0.717, 1.165) is 18.4 Å². The molecule has 2 amide bonds. The molecule has 1 aliphatic rings. The molecule has 0 aliphatic carbocycles. The van der Waals surface area contributed by atoms with Gasteiger partial charge in [-0.3, -0.25) is 9.59 Å². The average molecular weight is 417 g/mol. The normalized spacial score (nSPS) is 16.1. The van der Waals surface area contributed by atoms with Gasteiger partial charge in [0.1, 0.15) is 6.04 Å². The molecule has 31 heavy (non-hydrogen) atoms. The number of rotatable bonds is 5. The Morgan fingerprint density at radius 1 is 1.03 bits per heavy atom. The standard InChI is InChI=1S/C24H23N3O4/c25-23(29)21-12-6-7-13-27(21)22(28)15-31-24(30)18-14-20(16-8-2-1-3-9-16)26-19-11-5-4-10-17(18)19/h1-5,8-11,14,21H,6-7,12-13,15H2,(H2,25,29)/t21-/m1/s1. The van der Waals surface area contributed by atoms with Crippen LogP contribution in [0.25, 0.3) is 22.2 Å². The summed E-state index contributed by atoms with van der Waals surface area (Å²) in [5.41, 5.74) is 7.94. The molecular weight excluding hydrogens is 394 g/mol. The van der Waals surface area contributed by atoms with E-state index in [-0.39, 0.29) is 0 Å². The third-order valence-corrected chi connectivity index (χ3v) is 5.48. The van der Waals surface area contributed by atoms with Crippen LogP contribution in [0.3, 0.4) is 0 Å². The number of nitrogens with zero attached hydrogens (tertiary/aromatic N) is 2. The SMILES string of the molecule is NC(=O)[C@H]1CCCCN1C(=O)COC(=O)c1cc(-c2ccccc2)nc2ccccc12. The average Bonchev–Trinajstić information content (AvgIpc) is 2.82. The molecule has 0 saturated carbocycles. The minimum absolute atomic E-state index is 0.336. The molecule has 1 atom stereocenters. The summed E-state index contributed by atoms with van der Waals surface area (Å²) < 4.78 is 5.36. The lowest BCUT2D eigenvalue weighted by molar-refractivity contribution is -0.143. The predicted octanol–water partition coefficient (Wildman–Crippen LogP) is 2.93. The van der Waals surface area contributed by atoms with Gasteiger partial charge in [0.25, 0.3) is 5.91 Å². The van der Waals surface area contributed by atoms with E-state index in [1.807, 2.05) is 48.5 Å². The zero-order chi connectivity index (χ0) is 21.8. The van der Waals surface area contributed by atoms with Crippen molar-refractivity contribution in [2.75, 3.05) is 13.2 Å². The number of primary amides is 1. The van der Waals surface area contributed by atoms with E-state index >= 15 is 0 Å². The second-order valence-electron chi connectivity index (χ2n) is 7.52. The molecule has 0 bridgehead atoms. The van der Waals surface area contributed by atoms with Gasteiger partial charge >= 0.3 is 5.97 Å². The minimum Gasteiger partial charge on any atom is -0.452 e. The molecule has 2 aromatic carbocycles. The number of ether oxygens (including phenoxy) is 1. The third kappa shape index (κ3) is 4.40. The number of amides is 2. The maximum atomic E-state index is 12.9. The van der Waals surface area contributed by atoms with Gasteiger partial charge in [0, 0.05) is 17.5 Å². The highest BCUT2D eigenvalue weighted by molar-refractivity contribution is 6.05. The Morgan fingerprint density at radius 3 is 2.55 bits per heavy atom. The molecule has 1 aliphatic heterocycles. The molecular formula is C24H23N3O4. The highest BCUT2D eigenvalue weighted by Gasteiger charge is 2.31. The molecule has 0 unspecified atom stereocenters. The number of fused-ring (bicyclic) bond motifs is 1. The number of hydrogen-bond acceptors (Lipinski definition) is 5. The number of likely N-dealkylation sites (tertiary alicyclic amines) is 1. The van der Waals surface area contributed by atoms with Crippen molar-refractivity contribution in [2.24, 2.45) is 5.73 Å². The summed E-state index contributed by atoms with van der Waals surface area (Å²) in [6.07, 6.45) is 2.16. The van der Waals surface area contributed by atoms with E-state index < -0.39 is 30.4 Å². The van der Waals surface area contributed by atoms with Gasteiger partial charge in [-0.2, -0.15) is 0 Å². The molecule has 0 radical (unpaired) electrons. The summed E-state index contributed by atoms with van der Waals surface area (Å²) in [4.78, 5) is 43.3. The lowest BCUT2D eigenvalue weighted by atomic mass is 10.0. The van der Waals surface area contributed by atoms with Crippen LogP contribution < -0.4 is 5.73 Å². The molecule has 1 fully saturated rings. The van der Waals surface area contributed by atoms with Crippen LogP contribution in [0.2, 0.25) is 0 Å². The van der Waals surface area contributed by atoms with Crippen molar-refractivity contribution < 1.29 is 19.1 Å². The largest absolute Gasteiger partial charge is 0.452 e. The van der Waals surface area contributed by atoms with Crippen LogP contribution >= 0.6 is 0 Å². The van der Waals surface area contributed by atoms with Crippen molar-refractivity contribution in [2.45, 2.75) is 25.3 Å². The fourth-order valence-electron chi connectivity index (χ4n) is 3.91. The Kier molecular flexibility index (Phi) is 5.93. The smallest absolute Gasteiger partial charge is 0.339 e.